The molecule has 3 atom stereocenters. The van der Waals surface area contributed by atoms with Gasteiger partial charge >= 0.3 is 0 Å². The van der Waals surface area contributed by atoms with Crippen molar-refractivity contribution in [2.45, 2.75) is 69.8 Å². The molecule has 2 bridgehead atoms. The minimum absolute atomic E-state index is 0.113. The summed E-state index contributed by atoms with van der Waals surface area (Å²) in [7, 11) is 0. The molecule has 2 heterocycles. The Bertz CT molecular complexity index is 284. The van der Waals surface area contributed by atoms with Crippen molar-refractivity contribution in [3.63, 3.8) is 0 Å². The average molecular weight is 270 g/mol. The summed E-state index contributed by atoms with van der Waals surface area (Å²) < 4.78 is 0. The van der Waals surface area contributed by atoms with Crippen LogP contribution in [0, 0.1) is 5.92 Å². The Balaban J connectivity index is 1.86. The van der Waals surface area contributed by atoms with Gasteiger partial charge in [-0.15, -0.1) is 11.8 Å². The van der Waals surface area contributed by atoms with Crippen LogP contribution in [0.3, 0.4) is 0 Å². The maximum absolute atomic E-state index is 12.3. The van der Waals surface area contributed by atoms with E-state index in [1.807, 2.05) is 0 Å². The maximum atomic E-state index is 12.3. The lowest BCUT2D eigenvalue weighted by molar-refractivity contribution is -0.122. The van der Waals surface area contributed by atoms with Crippen molar-refractivity contribution in [2.75, 3.05) is 5.75 Å². The van der Waals surface area contributed by atoms with Gasteiger partial charge in [0.05, 0.1) is 5.25 Å². The minimum atomic E-state index is 0.113. The first kappa shape index (κ1) is 14.2. The summed E-state index contributed by atoms with van der Waals surface area (Å²) in [6, 6.07) is 1.69. The van der Waals surface area contributed by atoms with Gasteiger partial charge in [-0.25, -0.2) is 0 Å². The molecule has 18 heavy (non-hydrogen) atoms. The summed E-state index contributed by atoms with van der Waals surface area (Å²) in [4.78, 5) is 12.3. The minimum Gasteiger partial charge on any atom is -0.352 e. The number of nitrogens with one attached hydrogen (secondary N) is 2. The van der Waals surface area contributed by atoms with Crippen LogP contribution < -0.4 is 10.6 Å². The summed E-state index contributed by atoms with van der Waals surface area (Å²) in [5, 5.41) is 7.01. The van der Waals surface area contributed by atoms with E-state index >= 15 is 0 Å². The van der Waals surface area contributed by atoms with E-state index < -0.39 is 0 Å². The quantitative estimate of drug-likeness (QED) is 0.804. The molecule has 2 saturated heterocycles. The van der Waals surface area contributed by atoms with Crippen LogP contribution in [-0.4, -0.2) is 35.0 Å². The molecular formula is C14H26N2OS. The van der Waals surface area contributed by atoms with E-state index in [0.29, 0.717) is 24.0 Å². The van der Waals surface area contributed by atoms with Crippen LogP contribution in [0.2, 0.25) is 0 Å². The Morgan fingerprint density at radius 2 is 1.94 bits per heavy atom. The van der Waals surface area contributed by atoms with Crippen LogP contribution in [0.5, 0.6) is 0 Å². The molecule has 0 aromatic carbocycles. The molecule has 0 aromatic heterocycles. The summed E-state index contributed by atoms with van der Waals surface area (Å²) in [6.45, 7) is 6.40. The van der Waals surface area contributed by atoms with Crippen LogP contribution in [0.4, 0.5) is 0 Å². The van der Waals surface area contributed by atoms with E-state index in [2.05, 4.69) is 31.4 Å². The zero-order chi connectivity index (χ0) is 13.1. The van der Waals surface area contributed by atoms with Crippen LogP contribution >= 0.6 is 11.8 Å². The number of hydrogen-bond donors (Lipinski definition) is 2. The summed E-state index contributed by atoms with van der Waals surface area (Å²) in [5.74, 6) is 1.67. The Morgan fingerprint density at radius 3 is 2.44 bits per heavy atom. The highest BCUT2D eigenvalue weighted by Gasteiger charge is 2.35. The highest BCUT2D eigenvalue weighted by Crippen LogP contribution is 2.27. The highest BCUT2D eigenvalue weighted by molar-refractivity contribution is 8.00. The molecule has 0 radical (unpaired) electrons. The zero-order valence-electron chi connectivity index (χ0n) is 11.7. The Morgan fingerprint density at radius 1 is 1.33 bits per heavy atom. The first-order chi connectivity index (χ1) is 8.60. The number of amides is 1. The maximum Gasteiger partial charge on any atom is 0.233 e. The van der Waals surface area contributed by atoms with Gasteiger partial charge in [0.15, 0.2) is 0 Å². The van der Waals surface area contributed by atoms with Crippen molar-refractivity contribution >= 4 is 17.7 Å². The third-order valence-electron chi connectivity index (χ3n) is 4.03. The number of carbonyl (C=O) groups excluding carboxylic acids is 1. The molecular weight excluding hydrogens is 244 g/mol. The second-order valence-corrected chi connectivity index (χ2v) is 7.35. The van der Waals surface area contributed by atoms with Gasteiger partial charge in [0.1, 0.15) is 0 Å². The molecule has 2 aliphatic heterocycles. The molecule has 2 fully saturated rings. The van der Waals surface area contributed by atoms with Crippen LogP contribution in [0.1, 0.15) is 46.5 Å². The molecule has 4 heteroatoms. The predicted octanol–water partition coefficient (Wildman–Crippen LogP) is 2.16. The van der Waals surface area contributed by atoms with Gasteiger partial charge in [0, 0.05) is 18.1 Å². The Hall–Kier alpha value is -0.220. The van der Waals surface area contributed by atoms with Gasteiger partial charge in [-0.3, -0.25) is 4.79 Å². The average Bonchev–Trinajstić information content (AvgIpc) is 2.65. The molecule has 2 rings (SSSR count). The summed E-state index contributed by atoms with van der Waals surface area (Å²) in [5.41, 5.74) is 0. The fourth-order valence-electron chi connectivity index (χ4n) is 3.21. The Kier molecular flexibility index (Phi) is 4.96. The number of piperidine rings is 1. The number of fused-ring (bicyclic) bond motifs is 2. The highest BCUT2D eigenvalue weighted by atomic mass is 32.2. The van der Waals surface area contributed by atoms with Crippen molar-refractivity contribution in [3.8, 4) is 0 Å². The normalized spacial score (nSPS) is 32.6. The lowest BCUT2D eigenvalue weighted by Gasteiger charge is -2.31. The fourth-order valence-corrected chi connectivity index (χ4v) is 4.17. The van der Waals surface area contributed by atoms with E-state index in [1.54, 1.807) is 11.8 Å². The van der Waals surface area contributed by atoms with Crippen molar-refractivity contribution in [1.29, 1.82) is 0 Å². The van der Waals surface area contributed by atoms with Gasteiger partial charge in [-0.2, -0.15) is 0 Å². The van der Waals surface area contributed by atoms with E-state index in [-0.39, 0.29) is 11.2 Å². The summed E-state index contributed by atoms with van der Waals surface area (Å²) >= 11 is 1.77. The standard InChI is InChI=1S/C14H26N2OS/c1-4-18-13(9(2)3)14(17)16-12-7-10-5-6-11(8-12)15-10/h9-13,15H,4-8H2,1-3H3,(H,16,17). The lowest BCUT2D eigenvalue weighted by Crippen LogP contribution is -2.50. The van der Waals surface area contributed by atoms with Crippen molar-refractivity contribution in [3.05, 3.63) is 0 Å². The molecule has 0 aliphatic carbocycles. The molecule has 1 amide bonds. The molecule has 104 valence electrons. The largest absolute Gasteiger partial charge is 0.352 e. The molecule has 3 unspecified atom stereocenters. The van der Waals surface area contributed by atoms with Crippen molar-refractivity contribution in [2.24, 2.45) is 5.92 Å². The van der Waals surface area contributed by atoms with Gasteiger partial charge < -0.3 is 10.6 Å². The second kappa shape index (κ2) is 6.29. The number of carbonyl (C=O) groups is 1. The lowest BCUT2D eigenvalue weighted by atomic mass is 9.99. The zero-order valence-corrected chi connectivity index (χ0v) is 12.6. The van der Waals surface area contributed by atoms with Crippen LogP contribution in [-0.2, 0) is 4.79 Å². The van der Waals surface area contributed by atoms with Gasteiger partial charge in [0.2, 0.25) is 5.91 Å². The van der Waals surface area contributed by atoms with E-state index in [9.17, 15) is 4.79 Å². The topological polar surface area (TPSA) is 41.1 Å². The molecule has 0 saturated carbocycles. The van der Waals surface area contributed by atoms with Gasteiger partial charge in [0.25, 0.3) is 0 Å². The molecule has 0 spiro atoms. The third kappa shape index (κ3) is 3.41. The fraction of sp³-hybridized carbons (Fsp3) is 0.929. The molecule has 2 aliphatic rings. The van der Waals surface area contributed by atoms with Gasteiger partial charge in [-0.05, 0) is 37.4 Å². The number of thioether (sulfide) groups is 1. The SMILES string of the molecule is CCSC(C(=O)NC1CC2CCC(C1)N2)C(C)C. The van der Waals surface area contributed by atoms with Crippen molar-refractivity contribution < 1.29 is 4.79 Å². The van der Waals surface area contributed by atoms with Crippen LogP contribution in [0.15, 0.2) is 0 Å². The third-order valence-corrected chi connectivity index (χ3v) is 5.48. The van der Waals surface area contributed by atoms with Crippen molar-refractivity contribution in [1.82, 2.24) is 10.6 Å². The molecule has 2 N–H and O–H groups in total. The second-order valence-electron chi connectivity index (χ2n) is 5.93. The number of hydrogen-bond acceptors (Lipinski definition) is 3. The van der Waals surface area contributed by atoms with E-state index in [4.69, 9.17) is 0 Å². The first-order valence-electron chi connectivity index (χ1n) is 7.28. The smallest absolute Gasteiger partial charge is 0.233 e. The Labute approximate surface area is 115 Å². The number of rotatable bonds is 5. The summed E-state index contributed by atoms with van der Waals surface area (Å²) in [6.07, 6.45) is 4.80. The predicted molar refractivity (Wildman–Crippen MR) is 77.9 cm³/mol. The van der Waals surface area contributed by atoms with Gasteiger partial charge in [-0.1, -0.05) is 20.8 Å². The first-order valence-corrected chi connectivity index (χ1v) is 8.33. The van der Waals surface area contributed by atoms with E-state index in [0.717, 1.165) is 18.6 Å². The van der Waals surface area contributed by atoms with E-state index in [1.165, 1.54) is 12.8 Å². The van der Waals surface area contributed by atoms with Crippen LogP contribution in [0.25, 0.3) is 0 Å². The molecule has 3 nitrogen and oxygen atoms in total. The monoisotopic (exact) mass is 270 g/mol. The molecule has 0 aromatic rings.